The highest BCUT2D eigenvalue weighted by Crippen LogP contribution is 2.23. The molecular weight excluding hydrogens is 390 g/mol. The number of imide groups is 1. The zero-order chi connectivity index (χ0) is 21.7. The number of benzene rings is 2. The fraction of sp³-hybridized carbons (Fsp3) is 0.190. The molecule has 0 unspecified atom stereocenters. The number of hydrogen-bond acceptors (Lipinski definition) is 6. The maximum atomic E-state index is 12.3. The van der Waals surface area contributed by atoms with E-state index in [1.165, 1.54) is 31.3 Å². The number of esters is 1. The van der Waals surface area contributed by atoms with Crippen molar-refractivity contribution in [3.63, 3.8) is 0 Å². The quantitative estimate of drug-likeness (QED) is 0.551. The molecule has 2 aromatic rings. The summed E-state index contributed by atoms with van der Waals surface area (Å²) in [6.07, 6.45) is 0.267. The fourth-order valence-corrected chi connectivity index (χ4v) is 2.93. The molecule has 1 aliphatic rings. The van der Waals surface area contributed by atoms with Gasteiger partial charge in [0.25, 0.3) is 11.8 Å². The highest BCUT2D eigenvalue weighted by Gasteiger charge is 2.30. The molecule has 4 amide bonds. The molecule has 2 N–H and O–H groups in total. The van der Waals surface area contributed by atoms with Gasteiger partial charge in [-0.2, -0.15) is 0 Å². The Morgan fingerprint density at radius 1 is 0.967 bits per heavy atom. The van der Waals surface area contributed by atoms with Crippen molar-refractivity contribution in [1.29, 1.82) is 0 Å². The van der Waals surface area contributed by atoms with Crippen LogP contribution in [-0.2, 0) is 19.1 Å². The van der Waals surface area contributed by atoms with E-state index in [4.69, 9.17) is 4.74 Å². The number of anilines is 2. The van der Waals surface area contributed by atoms with Crippen LogP contribution in [0.25, 0.3) is 0 Å². The third-order valence-electron chi connectivity index (χ3n) is 4.36. The van der Waals surface area contributed by atoms with Crippen molar-refractivity contribution in [3.8, 4) is 0 Å². The lowest BCUT2D eigenvalue weighted by Gasteiger charge is -2.14. The van der Waals surface area contributed by atoms with Crippen LogP contribution in [0.15, 0.2) is 48.5 Å². The maximum absolute atomic E-state index is 12.3. The molecule has 9 heteroatoms. The van der Waals surface area contributed by atoms with Gasteiger partial charge in [0, 0.05) is 31.1 Å². The van der Waals surface area contributed by atoms with Crippen molar-refractivity contribution in [2.75, 3.05) is 23.9 Å². The molecule has 1 aliphatic heterocycles. The van der Waals surface area contributed by atoms with Crippen LogP contribution in [0.2, 0.25) is 0 Å². The Labute approximate surface area is 172 Å². The standard InChI is InChI=1S/C21H19N3O6/c1-22-20(28)13-4-2-6-15(10-13)23-17(25)12-30-21(29)14-5-3-7-16(11-14)24-18(26)8-9-19(24)27/h2-7,10-11H,8-9,12H2,1H3,(H,22,28)(H,23,25). The van der Waals surface area contributed by atoms with Crippen LogP contribution in [0.3, 0.4) is 0 Å². The molecule has 0 atom stereocenters. The first-order valence-corrected chi connectivity index (χ1v) is 9.14. The van der Waals surface area contributed by atoms with Crippen LogP contribution < -0.4 is 15.5 Å². The van der Waals surface area contributed by atoms with Crippen molar-refractivity contribution in [2.24, 2.45) is 0 Å². The van der Waals surface area contributed by atoms with Crippen molar-refractivity contribution >= 4 is 41.0 Å². The van der Waals surface area contributed by atoms with E-state index in [0.717, 1.165) is 4.90 Å². The summed E-state index contributed by atoms with van der Waals surface area (Å²) < 4.78 is 5.01. The van der Waals surface area contributed by atoms with Gasteiger partial charge in [0.15, 0.2) is 6.61 Å². The van der Waals surface area contributed by atoms with Crippen molar-refractivity contribution in [2.45, 2.75) is 12.8 Å². The van der Waals surface area contributed by atoms with Gasteiger partial charge in [0.05, 0.1) is 11.3 Å². The largest absolute Gasteiger partial charge is 0.452 e. The topological polar surface area (TPSA) is 122 Å². The smallest absolute Gasteiger partial charge is 0.338 e. The molecule has 0 radical (unpaired) electrons. The number of nitrogens with zero attached hydrogens (tertiary/aromatic N) is 1. The second-order valence-electron chi connectivity index (χ2n) is 6.46. The molecule has 0 bridgehead atoms. The Morgan fingerprint density at radius 3 is 2.33 bits per heavy atom. The number of amides is 4. The van der Waals surface area contributed by atoms with Crippen molar-refractivity contribution in [3.05, 3.63) is 59.7 Å². The molecule has 1 saturated heterocycles. The average Bonchev–Trinajstić information content (AvgIpc) is 3.09. The summed E-state index contributed by atoms with van der Waals surface area (Å²) in [7, 11) is 1.50. The number of ether oxygens (including phenoxy) is 1. The molecule has 0 aliphatic carbocycles. The molecule has 1 heterocycles. The van der Waals surface area contributed by atoms with E-state index in [1.54, 1.807) is 24.3 Å². The second kappa shape index (κ2) is 8.99. The lowest BCUT2D eigenvalue weighted by atomic mass is 10.2. The van der Waals surface area contributed by atoms with Crippen LogP contribution in [0.1, 0.15) is 33.6 Å². The lowest BCUT2D eigenvalue weighted by Crippen LogP contribution is -2.28. The van der Waals surface area contributed by atoms with Crippen molar-refractivity contribution < 1.29 is 28.7 Å². The predicted octanol–water partition coefficient (Wildman–Crippen LogP) is 1.50. The second-order valence-corrected chi connectivity index (χ2v) is 6.46. The molecule has 0 aromatic heterocycles. The van der Waals surface area contributed by atoms with E-state index < -0.39 is 18.5 Å². The third kappa shape index (κ3) is 4.69. The van der Waals surface area contributed by atoms with E-state index in [1.807, 2.05) is 0 Å². The van der Waals surface area contributed by atoms with Gasteiger partial charge in [-0.25, -0.2) is 4.79 Å². The van der Waals surface area contributed by atoms with Gasteiger partial charge >= 0.3 is 5.97 Å². The summed E-state index contributed by atoms with van der Waals surface area (Å²) >= 11 is 0. The monoisotopic (exact) mass is 409 g/mol. The number of hydrogen-bond donors (Lipinski definition) is 2. The van der Waals surface area contributed by atoms with Gasteiger partial charge in [-0.15, -0.1) is 0 Å². The minimum Gasteiger partial charge on any atom is -0.452 e. The molecular formula is C21H19N3O6. The lowest BCUT2D eigenvalue weighted by molar-refractivity contribution is -0.121. The van der Waals surface area contributed by atoms with Gasteiger partial charge in [-0.3, -0.25) is 24.1 Å². The molecule has 0 saturated carbocycles. The van der Waals surface area contributed by atoms with Crippen LogP contribution in [0, 0.1) is 0 Å². The molecule has 2 aromatic carbocycles. The summed E-state index contributed by atoms with van der Waals surface area (Å²) in [6, 6.07) is 12.2. The summed E-state index contributed by atoms with van der Waals surface area (Å²) in [5.41, 5.74) is 1.14. The minimum absolute atomic E-state index is 0.106. The predicted molar refractivity (Wildman–Crippen MR) is 107 cm³/mol. The molecule has 9 nitrogen and oxygen atoms in total. The van der Waals surface area contributed by atoms with Crippen LogP contribution in [-0.4, -0.2) is 43.3 Å². The van der Waals surface area contributed by atoms with Crippen molar-refractivity contribution in [1.82, 2.24) is 5.32 Å². The highest BCUT2D eigenvalue weighted by atomic mass is 16.5. The number of carbonyl (C=O) groups excluding carboxylic acids is 5. The summed E-state index contributed by atoms with van der Waals surface area (Å²) in [6.45, 7) is -0.547. The Hall–Kier alpha value is -4.01. The molecule has 0 spiro atoms. The average molecular weight is 409 g/mol. The first-order chi connectivity index (χ1) is 14.4. The summed E-state index contributed by atoms with van der Waals surface area (Å²) in [5.74, 6) is -2.32. The molecule has 1 fully saturated rings. The van der Waals surface area contributed by atoms with Crippen LogP contribution >= 0.6 is 0 Å². The first kappa shape index (κ1) is 20.7. The Balaban J connectivity index is 1.60. The van der Waals surface area contributed by atoms with Gasteiger partial charge in [-0.05, 0) is 36.4 Å². The SMILES string of the molecule is CNC(=O)c1cccc(NC(=O)COC(=O)c2cccc(N3C(=O)CCC3=O)c2)c1. The van der Waals surface area contributed by atoms with E-state index >= 15 is 0 Å². The highest BCUT2D eigenvalue weighted by molar-refractivity contribution is 6.20. The van der Waals surface area contributed by atoms with Gasteiger partial charge in [0.2, 0.25) is 11.8 Å². The van der Waals surface area contributed by atoms with E-state index in [2.05, 4.69) is 10.6 Å². The van der Waals surface area contributed by atoms with Gasteiger partial charge < -0.3 is 15.4 Å². The Morgan fingerprint density at radius 2 is 1.63 bits per heavy atom. The summed E-state index contributed by atoms with van der Waals surface area (Å²) in [4.78, 5) is 60.7. The zero-order valence-electron chi connectivity index (χ0n) is 16.1. The normalized spacial score (nSPS) is 13.2. The fourth-order valence-electron chi connectivity index (χ4n) is 2.93. The molecule has 3 rings (SSSR count). The Bertz CT molecular complexity index is 1020. The van der Waals surface area contributed by atoms with Crippen LogP contribution in [0.4, 0.5) is 11.4 Å². The molecule has 30 heavy (non-hydrogen) atoms. The number of rotatable bonds is 6. The Kier molecular flexibility index (Phi) is 6.21. The van der Waals surface area contributed by atoms with E-state index in [-0.39, 0.29) is 41.8 Å². The summed E-state index contributed by atoms with van der Waals surface area (Å²) in [5, 5.41) is 5.03. The first-order valence-electron chi connectivity index (χ1n) is 9.14. The van der Waals surface area contributed by atoms with Gasteiger partial charge in [0.1, 0.15) is 0 Å². The molecule has 154 valence electrons. The van der Waals surface area contributed by atoms with Crippen LogP contribution in [0.5, 0.6) is 0 Å². The zero-order valence-corrected chi connectivity index (χ0v) is 16.1. The van der Waals surface area contributed by atoms with Gasteiger partial charge in [-0.1, -0.05) is 12.1 Å². The van der Waals surface area contributed by atoms with E-state index in [0.29, 0.717) is 11.3 Å². The third-order valence-corrected chi connectivity index (χ3v) is 4.36. The maximum Gasteiger partial charge on any atom is 0.338 e. The number of nitrogens with one attached hydrogen (secondary N) is 2. The number of carbonyl (C=O) groups is 5. The minimum atomic E-state index is -0.773. The van der Waals surface area contributed by atoms with E-state index in [9.17, 15) is 24.0 Å².